The van der Waals surface area contributed by atoms with Crippen LogP contribution in [0.4, 0.5) is 8.78 Å². The van der Waals surface area contributed by atoms with E-state index in [2.05, 4.69) is 17.7 Å². The lowest BCUT2D eigenvalue weighted by Gasteiger charge is -2.63. The molecule has 4 aliphatic carbocycles. The van der Waals surface area contributed by atoms with Gasteiger partial charge < -0.3 is 9.84 Å². The summed E-state index contributed by atoms with van der Waals surface area (Å²) in [7, 11) is 0. The molecule has 4 aliphatic rings. The minimum absolute atomic E-state index is 0.0311. The summed E-state index contributed by atoms with van der Waals surface area (Å²) in [6.45, 7) is 8.96. The van der Waals surface area contributed by atoms with Crippen LogP contribution in [0.25, 0.3) is 0 Å². The summed E-state index contributed by atoms with van der Waals surface area (Å²) < 4.78 is 40.7. The lowest BCUT2D eigenvalue weighted by Crippen LogP contribution is -2.70. The van der Waals surface area contributed by atoms with Gasteiger partial charge in [0.25, 0.3) is 0 Å². The smallest absolute Gasteiger partial charge is 0.357 e. The molecule has 7 nitrogen and oxygen atoms in total. The number of fused-ring (bicyclic) bond motifs is 5. The van der Waals surface area contributed by atoms with Gasteiger partial charge in [0.2, 0.25) is 5.12 Å². The number of hydrogen-bond acceptors (Lipinski definition) is 6. The van der Waals surface area contributed by atoms with E-state index in [9.17, 15) is 19.5 Å². The maximum Gasteiger partial charge on any atom is 0.357 e. The Hall–Kier alpha value is -2.33. The average Bonchev–Trinajstić information content (AvgIpc) is 3.33. The number of aliphatic hydroxyl groups excluding tert-OH is 1. The molecule has 0 aliphatic heterocycles. The maximum absolute atomic E-state index is 17.4. The normalized spacial score (nSPS) is 43.7. The van der Waals surface area contributed by atoms with Crippen molar-refractivity contribution in [1.82, 2.24) is 9.78 Å². The van der Waals surface area contributed by atoms with Crippen molar-refractivity contribution in [3.8, 4) is 0 Å². The molecule has 3 fully saturated rings. The van der Waals surface area contributed by atoms with E-state index in [1.165, 1.54) is 23.8 Å². The Bertz CT molecular complexity index is 1290. The Morgan fingerprint density at radius 1 is 1.29 bits per heavy atom. The van der Waals surface area contributed by atoms with Crippen LogP contribution in [0.5, 0.6) is 0 Å². The number of aryl methyl sites for hydroxylation is 2. The number of carbonyl (C=O) groups is 3. The lowest BCUT2D eigenvalue weighted by atomic mass is 9.44. The third-order valence-corrected chi connectivity index (χ3v) is 10.5. The fourth-order valence-corrected chi connectivity index (χ4v) is 8.91. The first-order valence-corrected chi connectivity index (χ1v) is 13.6. The van der Waals surface area contributed by atoms with E-state index in [-0.39, 0.29) is 30.5 Å². The zero-order valence-corrected chi connectivity index (χ0v) is 23.1. The van der Waals surface area contributed by atoms with Crippen molar-refractivity contribution in [3.63, 3.8) is 0 Å². The third-order valence-electron chi connectivity index (χ3n) is 10.2. The summed E-state index contributed by atoms with van der Waals surface area (Å²) in [5.41, 5.74) is -6.02. The highest BCUT2D eigenvalue weighted by molar-refractivity contribution is 7.96. The number of ketones is 1. The molecule has 10 heteroatoms. The van der Waals surface area contributed by atoms with Gasteiger partial charge in [-0.3, -0.25) is 14.3 Å². The van der Waals surface area contributed by atoms with Gasteiger partial charge in [0.15, 0.2) is 17.1 Å². The Balaban J connectivity index is 1.61. The van der Waals surface area contributed by atoms with Crippen LogP contribution in [0.2, 0.25) is 0 Å². The number of aliphatic hydroxyl groups is 1. The molecule has 0 amide bonds. The van der Waals surface area contributed by atoms with Crippen molar-refractivity contribution in [1.29, 1.82) is 0 Å². The van der Waals surface area contributed by atoms with Crippen LogP contribution in [0.3, 0.4) is 0 Å². The van der Waals surface area contributed by atoms with E-state index in [4.69, 9.17) is 4.74 Å². The van der Waals surface area contributed by atoms with Gasteiger partial charge in [-0.15, -0.1) is 12.6 Å². The summed E-state index contributed by atoms with van der Waals surface area (Å²) in [6, 6.07) is 1.57. The number of esters is 1. The molecule has 1 N–H and O–H groups in total. The second kappa shape index (κ2) is 8.58. The van der Waals surface area contributed by atoms with E-state index in [0.29, 0.717) is 12.2 Å². The van der Waals surface area contributed by atoms with E-state index in [1.54, 1.807) is 26.8 Å². The van der Waals surface area contributed by atoms with Gasteiger partial charge in [-0.2, -0.15) is 5.10 Å². The minimum atomic E-state index is -2.29. The van der Waals surface area contributed by atoms with Crippen LogP contribution in [0, 0.1) is 35.5 Å². The van der Waals surface area contributed by atoms with Crippen LogP contribution in [-0.2, 0) is 20.9 Å². The van der Waals surface area contributed by atoms with Crippen LogP contribution in [0.15, 0.2) is 29.9 Å². The monoisotopic (exact) mass is 548 g/mol. The summed E-state index contributed by atoms with van der Waals surface area (Å²) in [4.78, 5) is 38.9. The molecule has 0 spiro atoms. The summed E-state index contributed by atoms with van der Waals surface area (Å²) in [6.07, 6.45) is 0.333. The van der Waals surface area contributed by atoms with Crippen LogP contribution in [0.1, 0.15) is 63.1 Å². The lowest BCUT2D eigenvalue weighted by molar-refractivity contribution is -0.221. The molecule has 0 aromatic carbocycles. The van der Waals surface area contributed by atoms with Crippen molar-refractivity contribution in [3.05, 3.63) is 41.3 Å². The van der Waals surface area contributed by atoms with E-state index < -0.39 is 69.0 Å². The van der Waals surface area contributed by atoms with Gasteiger partial charge in [0.1, 0.15) is 11.9 Å². The Labute approximate surface area is 226 Å². The molecule has 38 heavy (non-hydrogen) atoms. The second-order valence-electron chi connectivity index (χ2n) is 11.9. The van der Waals surface area contributed by atoms with E-state index >= 15 is 8.78 Å². The highest BCUT2D eigenvalue weighted by atomic mass is 32.1. The molecule has 1 heterocycles. The van der Waals surface area contributed by atoms with Crippen molar-refractivity contribution >= 4 is 29.5 Å². The minimum Gasteiger partial charge on any atom is -0.444 e. The Morgan fingerprint density at radius 2 is 1.97 bits per heavy atom. The first kappa shape index (κ1) is 27.2. The highest BCUT2D eigenvalue weighted by Gasteiger charge is 2.78. The summed E-state index contributed by atoms with van der Waals surface area (Å²) in [5.74, 6) is -3.35. The summed E-state index contributed by atoms with van der Waals surface area (Å²) >= 11 is 4.19. The number of hydrogen-bond donors (Lipinski definition) is 2. The number of aromatic nitrogens is 2. The van der Waals surface area contributed by atoms with E-state index in [1.807, 2.05) is 6.92 Å². The van der Waals surface area contributed by atoms with Crippen LogP contribution in [-0.4, -0.2) is 55.3 Å². The first-order valence-electron chi connectivity index (χ1n) is 13.1. The van der Waals surface area contributed by atoms with Crippen molar-refractivity contribution in [2.24, 2.45) is 28.6 Å². The number of nitrogens with zero attached hydrogens (tertiary/aromatic N) is 2. The van der Waals surface area contributed by atoms with Crippen molar-refractivity contribution in [2.75, 3.05) is 0 Å². The molecular weight excluding hydrogens is 514 g/mol. The fourth-order valence-electron chi connectivity index (χ4n) is 8.39. The number of halogens is 2. The summed E-state index contributed by atoms with van der Waals surface area (Å²) in [5, 5.41) is 15.1. The van der Waals surface area contributed by atoms with Crippen LogP contribution >= 0.6 is 12.6 Å². The number of allylic oxidation sites excluding steroid dienone is 4. The molecule has 3 saturated carbocycles. The Morgan fingerprint density at radius 3 is 2.61 bits per heavy atom. The molecule has 9 atom stereocenters. The predicted octanol–water partition coefficient (Wildman–Crippen LogP) is 4.13. The third kappa shape index (κ3) is 3.22. The second-order valence-corrected chi connectivity index (χ2v) is 12.3. The molecule has 5 rings (SSSR count). The highest BCUT2D eigenvalue weighted by Crippen LogP contribution is 2.71. The fraction of sp³-hybridized carbons (Fsp3) is 0.643. The average molecular weight is 549 g/mol. The molecule has 1 aromatic rings. The van der Waals surface area contributed by atoms with Gasteiger partial charge in [-0.25, -0.2) is 13.6 Å². The first-order chi connectivity index (χ1) is 17.7. The molecule has 206 valence electrons. The number of thiol groups is 1. The Kier molecular flexibility index (Phi) is 6.15. The van der Waals surface area contributed by atoms with E-state index in [0.717, 1.165) is 6.08 Å². The standard InChI is InChI=1S/C28H34F2N2O5S/c1-6-32-21(10-15(3)31-32)23(35)37-28(24(36)38)14(2)9-17-18-12-20(29)19-11-16(33)7-8-25(19,4)27(18,30)22(34)13-26(17,28)5/h7-8,10-11,14,17-18,20,22,34H,6,9,12-13H2,1-5H3,(H,36,38)/t14-,17+,18+,20+,22-,25+,26+,27+,28+/m1/s1. The maximum atomic E-state index is 17.4. The largest absolute Gasteiger partial charge is 0.444 e. The molecule has 0 radical (unpaired) electrons. The number of carbonyl (C=O) groups excluding carboxylic acids is 3. The van der Waals surface area contributed by atoms with Gasteiger partial charge >= 0.3 is 5.97 Å². The number of alkyl halides is 2. The van der Waals surface area contributed by atoms with Crippen molar-refractivity contribution < 1.29 is 33.0 Å². The SMILES string of the molecule is CCn1nc(C)cc1C(=O)O[C@]1(C(=O)S)[C@H](C)C[C@H]2[C@@H]3C[C@H](F)C4=CC(=O)C=C[C@]4(C)[C@@]3(F)[C@H](O)C[C@@]21C. The zero-order chi connectivity index (χ0) is 28.0. The van der Waals surface area contributed by atoms with Gasteiger partial charge in [0.05, 0.1) is 11.8 Å². The van der Waals surface area contributed by atoms with Gasteiger partial charge in [0, 0.05) is 29.2 Å². The predicted molar refractivity (Wildman–Crippen MR) is 138 cm³/mol. The van der Waals surface area contributed by atoms with Gasteiger partial charge in [-0.05, 0) is 69.7 Å². The molecule has 0 unspecified atom stereocenters. The molecular formula is C28H34F2N2O5S. The number of ether oxygens (including phenoxy) is 1. The van der Waals surface area contributed by atoms with Crippen LogP contribution < -0.4 is 0 Å². The number of rotatable bonds is 4. The molecule has 0 saturated heterocycles. The topological polar surface area (TPSA) is 98.5 Å². The zero-order valence-electron chi connectivity index (χ0n) is 22.2. The molecule has 0 bridgehead atoms. The quantitative estimate of drug-likeness (QED) is 0.434. The van der Waals surface area contributed by atoms with Crippen molar-refractivity contribution in [2.45, 2.75) is 84.0 Å². The van der Waals surface area contributed by atoms with Gasteiger partial charge in [-0.1, -0.05) is 19.9 Å². The molecule has 1 aromatic heterocycles.